The molecule has 146 valence electrons. The van der Waals surface area contributed by atoms with Crippen molar-refractivity contribution in [1.29, 1.82) is 0 Å². The Kier molecular flexibility index (Phi) is 5.68. The first kappa shape index (κ1) is 19.5. The lowest BCUT2D eigenvalue weighted by atomic mass is 10.1. The molecule has 2 amide bonds. The van der Waals surface area contributed by atoms with Gasteiger partial charge in [-0.1, -0.05) is 24.3 Å². The number of carbonyl (C=O) groups excluding carboxylic acids is 2. The van der Waals surface area contributed by atoms with Crippen molar-refractivity contribution >= 4 is 17.4 Å². The van der Waals surface area contributed by atoms with Gasteiger partial charge in [-0.3, -0.25) is 14.5 Å². The van der Waals surface area contributed by atoms with Crippen molar-refractivity contribution in [2.24, 2.45) is 0 Å². The summed E-state index contributed by atoms with van der Waals surface area (Å²) in [7, 11) is 1.59. The van der Waals surface area contributed by atoms with Gasteiger partial charge in [0, 0.05) is 6.54 Å². The number of hydrogen-bond acceptors (Lipinski definition) is 5. The van der Waals surface area contributed by atoms with E-state index in [0.29, 0.717) is 17.7 Å². The summed E-state index contributed by atoms with van der Waals surface area (Å²) < 4.78 is 10.7. The number of carbonyl (C=O) groups is 2. The molecule has 28 heavy (non-hydrogen) atoms. The maximum absolute atomic E-state index is 12.7. The molecule has 0 aliphatic carbocycles. The van der Waals surface area contributed by atoms with Gasteiger partial charge in [-0.25, -0.2) is 0 Å². The van der Waals surface area contributed by atoms with E-state index in [-0.39, 0.29) is 18.2 Å². The third kappa shape index (κ3) is 4.01. The molecule has 2 aromatic rings. The minimum atomic E-state index is -0.670. The number of aliphatic hydroxyl groups excluding tert-OH is 1. The molecule has 6 heteroatoms. The maximum atomic E-state index is 12.7. The average Bonchev–Trinajstić information content (AvgIpc) is 2.90. The second-order valence-corrected chi connectivity index (χ2v) is 6.77. The van der Waals surface area contributed by atoms with Crippen LogP contribution in [-0.4, -0.2) is 41.6 Å². The van der Waals surface area contributed by atoms with Gasteiger partial charge in [-0.15, -0.1) is 0 Å². The number of benzene rings is 2. The first-order chi connectivity index (χ1) is 13.4. The maximum Gasteiger partial charge on any atom is 0.296 e. The van der Waals surface area contributed by atoms with Crippen molar-refractivity contribution < 1.29 is 24.2 Å². The van der Waals surface area contributed by atoms with Crippen LogP contribution in [0.25, 0.3) is 5.57 Å². The van der Waals surface area contributed by atoms with E-state index in [2.05, 4.69) is 0 Å². The van der Waals surface area contributed by atoms with E-state index in [0.717, 1.165) is 16.2 Å². The van der Waals surface area contributed by atoms with Crippen molar-refractivity contribution in [2.45, 2.75) is 26.4 Å². The second kappa shape index (κ2) is 8.17. The fraction of sp³-hybridized carbons (Fsp3) is 0.273. The van der Waals surface area contributed by atoms with E-state index in [1.807, 2.05) is 38.1 Å². The molecule has 0 radical (unpaired) electrons. The fourth-order valence-corrected chi connectivity index (χ4v) is 3.03. The highest BCUT2D eigenvalue weighted by atomic mass is 16.5. The van der Waals surface area contributed by atoms with Crippen molar-refractivity contribution in [3.8, 4) is 11.5 Å². The van der Waals surface area contributed by atoms with Crippen molar-refractivity contribution in [3.05, 3.63) is 65.4 Å². The van der Waals surface area contributed by atoms with Crippen LogP contribution in [0.4, 0.5) is 0 Å². The largest absolute Gasteiger partial charge is 0.502 e. The Bertz CT molecular complexity index is 898. The molecular weight excluding hydrogens is 358 g/mol. The third-order valence-corrected chi connectivity index (χ3v) is 4.44. The molecule has 1 heterocycles. The molecule has 0 saturated carbocycles. The minimum Gasteiger partial charge on any atom is -0.502 e. The van der Waals surface area contributed by atoms with Gasteiger partial charge in [0.25, 0.3) is 11.8 Å². The van der Waals surface area contributed by atoms with Crippen molar-refractivity contribution in [2.75, 3.05) is 13.7 Å². The molecule has 0 unspecified atom stereocenters. The Morgan fingerprint density at radius 2 is 1.54 bits per heavy atom. The lowest BCUT2D eigenvalue weighted by molar-refractivity contribution is -0.138. The van der Waals surface area contributed by atoms with Crippen molar-refractivity contribution in [1.82, 2.24) is 4.90 Å². The number of rotatable bonds is 7. The lowest BCUT2D eigenvalue weighted by Gasteiger charge is -2.15. The summed E-state index contributed by atoms with van der Waals surface area (Å²) in [5.74, 6) is -0.280. The summed E-state index contributed by atoms with van der Waals surface area (Å²) in [6.07, 6.45) is 0.519. The van der Waals surface area contributed by atoms with E-state index >= 15 is 0 Å². The molecule has 0 atom stereocenters. The van der Waals surface area contributed by atoms with Gasteiger partial charge in [0.2, 0.25) is 0 Å². The van der Waals surface area contributed by atoms with Gasteiger partial charge in [0.05, 0.1) is 18.8 Å². The molecule has 6 nitrogen and oxygen atoms in total. The summed E-state index contributed by atoms with van der Waals surface area (Å²) in [5.41, 5.74) is 1.47. The van der Waals surface area contributed by atoms with Crippen LogP contribution in [0.5, 0.6) is 11.5 Å². The number of amides is 2. The zero-order chi connectivity index (χ0) is 20.3. The number of aliphatic hydroxyl groups is 1. The highest BCUT2D eigenvalue weighted by Crippen LogP contribution is 2.29. The van der Waals surface area contributed by atoms with Gasteiger partial charge in [0.15, 0.2) is 5.76 Å². The fourth-order valence-electron chi connectivity index (χ4n) is 3.03. The van der Waals surface area contributed by atoms with Crippen LogP contribution in [0.15, 0.2) is 54.3 Å². The standard InChI is InChI=1S/C22H23NO5/c1-14(2)28-18-10-6-16(7-11-18)19-20(24)22(26)23(21(19)25)13-12-15-4-8-17(27-3)9-5-15/h4-11,14,24H,12-13H2,1-3H3. The number of methoxy groups -OCH3 is 1. The van der Waals surface area contributed by atoms with Gasteiger partial charge >= 0.3 is 0 Å². The van der Waals surface area contributed by atoms with E-state index in [1.54, 1.807) is 31.4 Å². The van der Waals surface area contributed by atoms with Gasteiger partial charge in [-0.2, -0.15) is 0 Å². The molecule has 2 aromatic carbocycles. The summed E-state index contributed by atoms with van der Waals surface area (Å²) >= 11 is 0. The van der Waals surface area contributed by atoms with Crippen LogP contribution in [0.3, 0.4) is 0 Å². The topological polar surface area (TPSA) is 76.1 Å². The number of imide groups is 1. The molecule has 0 saturated heterocycles. The highest BCUT2D eigenvalue weighted by molar-refractivity contribution is 6.34. The predicted molar refractivity (Wildman–Crippen MR) is 105 cm³/mol. The Balaban J connectivity index is 1.72. The Labute approximate surface area is 164 Å². The Hall–Kier alpha value is -3.28. The minimum absolute atomic E-state index is 0.0239. The molecule has 1 aliphatic rings. The SMILES string of the molecule is COc1ccc(CCN2C(=O)C(O)=C(c3ccc(OC(C)C)cc3)C2=O)cc1. The molecule has 0 bridgehead atoms. The number of hydrogen-bond donors (Lipinski definition) is 1. The summed E-state index contributed by atoms with van der Waals surface area (Å²) in [6.45, 7) is 4.02. The van der Waals surface area contributed by atoms with Crippen LogP contribution < -0.4 is 9.47 Å². The molecule has 0 fully saturated rings. The molecular formula is C22H23NO5. The van der Waals surface area contributed by atoms with Crippen LogP contribution in [0, 0.1) is 0 Å². The summed E-state index contributed by atoms with van der Waals surface area (Å²) in [6, 6.07) is 14.2. The predicted octanol–water partition coefficient (Wildman–Crippen LogP) is 3.36. The van der Waals surface area contributed by atoms with Gasteiger partial charge in [0.1, 0.15) is 11.5 Å². The zero-order valence-corrected chi connectivity index (χ0v) is 16.1. The summed E-state index contributed by atoms with van der Waals surface area (Å²) in [4.78, 5) is 26.2. The zero-order valence-electron chi connectivity index (χ0n) is 16.1. The molecule has 1 aliphatic heterocycles. The smallest absolute Gasteiger partial charge is 0.296 e. The number of ether oxygens (including phenoxy) is 2. The quantitative estimate of drug-likeness (QED) is 0.744. The molecule has 3 rings (SSSR count). The Morgan fingerprint density at radius 3 is 2.11 bits per heavy atom. The highest BCUT2D eigenvalue weighted by Gasteiger charge is 2.38. The van der Waals surface area contributed by atoms with E-state index < -0.39 is 17.6 Å². The van der Waals surface area contributed by atoms with Crippen LogP contribution in [0.1, 0.15) is 25.0 Å². The third-order valence-electron chi connectivity index (χ3n) is 4.44. The monoisotopic (exact) mass is 381 g/mol. The molecule has 0 spiro atoms. The van der Waals surface area contributed by atoms with E-state index in [4.69, 9.17) is 9.47 Å². The molecule has 0 aromatic heterocycles. The second-order valence-electron chi connectivity index (χ2n) is 6.77. The van der Waals surface area contributed by atoms with Crippen molar-refractivity contribution in [3.63, 3.8) is 0 Å². The van der Waals surface area contributed by atoms with Crippen LogP contribution in [0.2, 0.25) is 0 Å². The first-order valence-corrected chi connectivity index (χ1v) is 9.10. The lowest BCUT2D eigenvalue weighted by Crippen LogP contribution is -2.33. The van der Waals surface area contributed by atoms with Gasteiger partial charge < -0.3 is 14.6 Å². The Morgan fingerprint density at radius 1 is 0.929 bits per heavy atom. The summed E-state index contributed by atoms with van der Waals surface area (Å²) in [5, 5.41) is 10.3. The van der Waals surface area contributed by atoms with Crippen LogP contribution in [-0.2, 0) is 16.0 Å². The normalized spacial score (nSPS) is 14.2. The first-order valence-electron chi connectivity index (χ1n) is 9.10. The van der Waals surface area contributed by atoms with E-state index in [1.165, 1.54) is 0 Å². The number of nitrogens with zero attached hydrogens (tertiary/aromatic N) is 1. The molecule has 1 N–H and O–H groups in total. The van der Waals surface area contributed by atoms with Crippen LogP contribution >= 0.6 is 0 Å². The van der Waals surface area contributed by atoms with E-state index in [9.17, 15) is 14.7 Å². The average molecular weight is 381 g/mol. The van der Waals surface area contributed by atoms with Gasteiger partial charge in [-0.05, 0) is 55.7 Å².